The fraction of sp³-hybridized carbons (Fsp3) is 0.167. The van der Waals surface area contributed by atoms with E-state index in [0.717, 1.165) is 15.6 Å². The summed E-state index contributed by atoms with van der Waals surface area (Å²) >= 11 is 3.37. The number of aromatic amines is 1. The zero-order chi connectivity index (χ0) is 11.5. The molecule has 0 radical (unpaired) electrons. The van der Waals surface area contributed by atoms with E-state index in [4.69, 9.17) is 0 Å². The Bertz CT molecular complexity index is 506. The number of hydrogen-bond donors (Lipinski definition) is 1. The molecule has 1 heterocycles. The van der Waals surface area contributed by atoms with Crippen LogP contribution in [0, 0.1) is 6.92 Å². The minimum Gasteiger partial charge on any atom is -0.348 e. The first-order valence-corrected chi connectivity index (χ1v) is 5.74. The lowest BCUT2D eigenvalue weighted by Gasteiger charge is -2.04. The maximum Gasteiger partial charge on any atom is 0.170 e. The number of benzene rings is 1. The molecule has 0 aliphatic heterocycles. The van der Waals surface area contributed by atoms with Gasteiger partial charge in [0.2, 0.25) is 0 Å². The Kier molecular flexibility index (Phi) is 3.19. The highest BCUT2D eigenvalue weighted by molar-refractivity contribution is 9.10. The van der Waals surface area contributed by atoms with Crippen LogP contribution in [0.3, 0.4) is 0 Å². The van der Waals surface area contributed by atoms with Gasteiger partial charge in [0.25, 0.3) is 0 Å². The van der Waals surface area contributed by atoms with Crippen molar-refractivity contribution in [1.82, 2.24) is 9.97 Å². The second kappa shape index (κ2) is 4.61. The lowest BCUT2D eigenvalue weighted by atomic mass is 10.0. The number of nitrogens with one attached hydrogen (secondary N) is 1. The summed E-state index contributed by atoms with van der Waals surface area (Å²) in [6, 6.07) is 5.71. The molecule has 1 N–H and O–H groups in total. The monoisotopic (exact) mass is 278 g/mol. The number of imidazole rings is 1. The summed E-state index contributed by atoms with van der Waals surface area (Å²) in [5.74, 6) is 0.776. The van der Waals surface area contributed by atoms with E-state index in [0.29, 0.717) is 12.2 Å². The van der Waals surface area contributed by atoms with Crippen LogP contribution in [0.5, 0.6) is 0 Å². The molecule has 0 aliphatic carbocycles. The zero-order valence-corrected chi connectivity index (χ0v) is 10.4. The van der Waals surface area contributed by atoms with Crippen molar-refractivity contribution in [3.63, 3.8) is 0 Å². The Morgan fingerprint density at radius 1 is 1.50 bits per heavy atom. The molecule has 2 aromatic rings. The Balaban J connectivity index is 2.24. The van der Waals surface area contributed by atoms with Crippen LogP contribution in [-0.2, 0) is 6.42 Å². The van der Waals surface area contributed by atoms with E-state index in [2.05, 4.69) is 25.9 Å². The average molecular weight is 279 g/mol. The van der Waals surface area contributed by atoms with Gasteiger partial charge in [-0.05, 0) is 24.6 Å². The highest BCUT2D eigenvalue weighted by Gasteiger charge is 2.11. The van der Waals surface area contributed by atoms with Crippen molar-refractivity contribution in [2.24, 2.45) is 0 Å². The first-order chi connectivity index (χ1) is 7.66. The smallest absolute Gasteiger partial charge is 0.170 e. The maximum atomic E-state index is 12.0. The second-order valence-electron chi connectivity index (χ2n) is 3.60. The Morgan fingerprint density at radius 3 is 3.00 bits per heavy atom. The molecule has 2 rings (SSSR count). The second-order valence-corrected chi connectivity index (χ2v) is 4.51. The molecule has 4 heteroatoms. The summed E-state index contributed by atoms with van der Waals surface area (Å²) in [6.07, 6.45) is 3.68. The molecular weight excluding hydrogens is 268 g/mol. The van der Waals surface area contributed by atoms with E-state index in [9.17, 15) is 4.79 Å². The van der Waals surface area contributed by atoms with Gasteiger partial charge in [0, 0.05) is 22.4 Å². The molecule has 0 amide bonds. The molecule has 1 aromatic carbocycles. The van der Waals surface area contributed by atoms with Gasteiger partial charge in [-0.2, -0.15) is 0 Å². The van der Waals surface area contributed by atoms with Crippen molar-refractivity contribution < 1.29 is 4.79 Å². The van der Waals surface area contributed by atoms with Gasteiger partial charge < -0.3 is 4.98 Å². The van der Waals surface area contributed by atoms with Crippen molar-refractivity contribution >= 4 is 21.7 Å². The lowest BCUT2D eigenvalue weighted by molar-refractivity contribution is 0.0990. The van der Waals surface area contributed by atoms with Crippen LogP contribution in [0.4, 0.5) is 0 Å². The van der Waals surface area contributed by atoms with Gasteiger partial charge in [-0.3, -0.25) is 4.79 Å². The first-order valence-electron chi connectivity index (χ1n) is 4.94. The minimum absolute atomic E-state index is 0.0775. The van der Waals surface area contributed by atoms with Crippen LogP contribution in [-0.4, -0.2) is 15.8 Å². The van der Waals surface area contributed by atoms with Crippen LogP contribution >= 0.6 is 15.9 Å². The normalized spacial score (nSPS) is 10.4. The van der Waals surface area contributed by atoms with Crippen molar-refractivity contribution in [1.29, 1.82) is 0 Å². The molecule has 0 atom stereocenters. The number of rotatable bonds is 3. The van der Waals surface area contributed by atoms with Crippen LogP contribution in [0.1, 0.15) is 21.7 Å². The number of H-pyrrole nitrogens is 1. The zero-order valence-electron chi connectivity index (χ0n) is 8.83. The van der Waals surface area contributed by atoms with E-state index in [-0.39, 0.29) is 5.78 Å². The fourth-order valence-electron chi connectivity index (χ4n) is 1.54. The molecule has 0 saturated heterocycles. The van der Waals surface area contributed by atoms with Gasteiger partial charge in [0.1, 0.15) is 5.82 Å². The van der Waals surface area contributed by atoms with E-state index < -0.39 is 0 Å². The van der Waals surface area contributed by atoms with E-state index in [1.54, 1.807) is 12.4 Å². The predicted molar refractivity (Wildman–Crippen MR) is 65.5 cm³/mol. The molecule has 0 fully saturated rings. The molecule has 0 bridgehead atoms. The molecule has 16 heavy (non-hydrogen) atoms. The van der Waals surface area contributed by atoms with Crippen molar-refractivity contribution in [3.8, 4) is 0 Å². The summed E-state index contributed by atoms with van der Waals surface area (Å²) < 4.78 is 0.917. The van der Waals surface area contributed by atoms with Crippen LogP contribution in [0.15, 0.2) is 35.1 Å². The number of carbonyl (C=O) groups excluding carboxylic acids is 1. The Hall–Kier alpha value is -1.42. The maximum absolute atomic E-state index is 12.0. The number of aromatic nitrogens is 2. The molecule has 0 saturated carbocycles. The van der Waals surface area contributed by atoms with Crippen LogP contribution in [0.25, 0.3) is 0 Å². The summed E-state index contributed by atoms with van der Waals surface area (Å²) in [4.78, 5) is 19.0. The number of halogens is 1. The number of carbonyl (C=O) groups is 1. The third kappa shape index (κ3) is 2.39. The molecule has 3 nitrogen and oxygen atoms in total. The number of nitrogens with zero attached hydrogens (tertiary/aromatic N) is 1. The largest absolute Gasteiger partial charge is 0.348 e. The van der Waals surface area contributed by atoms with Gasteiger partial charge in [-0.1, -0.05) is 22.0 Å². The van der Waals surface area contributed by atoms with E-state index >= 15 is 0 Å². The van der Waals surface area contributed by atoms with Gasteiger partial charge in [0.05, 0.1) is 6.42 Å². The van der Waals surface area contributed by atoms with Gasteiger partial charge >= 0.3 is 0 Å². The van der Waals surface area contributed by atoms with E-state index in [1.807, 2.05) is 25.1 Å². The number of Topliss-reactive ketones (excluding diaryl/α,β-unsaturated/α-hetero) is 1. The van der Waals surface area contributed by atoms with Crippen molar-refractivity contribution in [2.45, 2.75) is 13.3 Å². The molecule has 0 unspecified atom stereocenters. The predicted octanol–water partition coefficient (Wildman–Crippen LogP) is 2.91. The summed E-state index contributed by atoms with van der Waals surface area (Å²) in [5, 5.41) is 0. The number of ketones is 1. The summed E-state index contributed by atoms with van der Waals surface area (Å²) in [7, 11) is 0. The SMILES string of the molecule is Cc1ccc(Br)cc1C(=O)Cc1ncc[nH]1. The van der Waals surface area contributed by atoms with Gasteiger partial charge in [-0.15, -0.1) is 0 Å². The Morgan fingerprint density at radius 2 is 2.31 bits per heavy atom. The number of aryl methyl sites for hydroxylation is 1. The molecule has 0 aliphatic rings. The van der Waals surface area contributed by atoms with Gasteiger partial charge in [0.15, 0.2) is 5.78 Å². The third-order valence-corrected chi connectivity index (χ3v) is 2.88. The third-order valence-electron chi connectivity index (χ3n) is 2.38. The fourth-order valence-corrected chi connectivity index (χ4v) is 1.90. The quantitative estimate of drug-likeness (QED) is 0.878. The van der Waals surface area contributed by atoms with E-state index in [1.165, 1.54) is 0 Å². The van der Waals surface area contributed by atoms with Crippen molar-refractivity contribution in [3.05, 3.63) is 52.0 Å². The minimum atomic E-state index is 0.0775. The highest BCUT2D eigenvalue weighted by atomic mass is 79.9. The van der Waals surface area contributed by atoms with Crippen molar-refractivity contribution in [2.75, 3.05) is 0 Å². The number of hydrogen-bond acceptors (Lipinski definition) is 2. The Labute approximate surface area is 102 Å². The van der Waals surface area contributed by atoms with Crippen LogP contribution < -0.4 is 0 Å². The summed E-state index contributed by atoms with van der Waals surface area (Å²) in [5.41, 5.74) is 1.73. The summed E-state index contributed by atoms with van der Waals surface area (Å²) in [6.45, 7) is 1.93. The average Bonchev–Trinajstić information content (AvgIpc) is 2.74. The molecule has 1 aromatic heterocycles. The topological polar surface area (TPSA) is 45.8 Å². The van der Waals surface area contributed by atoms with Gasteiger partial charge in [-0.25, -0.2) is 4.98 Å². The standard InChI is InChI=1S/C12H11BrN2O/c1-8-2-3-9(13)6-10(8)11(16)7-12-14-4-5-15-12/h2-6H,7H2,1H3,(H,14,15). The lowest BCUT2D eigenvalue weighted by Crippen LogP contribution is -2.06. The van der Waals surface area contributed by atoms with Crippen LogP contribution in [0.2, 0.25) is 0 Å². The molecule has 82 valence electrons. The molecule has 0 spiro atoms. The first kappa shape index (κ1) is 11.1. The molecular formula is C12H11BrN2O. The highest BCUT2D eigenvalue weighted by Crippen LogP contribution is 2.17.